The SMILES string of the molecule is CC(C)(C)C(=O)OCOP(=O)(OCOC(=O)C(C)(C)C)[C@@H](F)c1ccc2sc(C(=O)N[C@H]3CCCC[C@H]4CC[C@@H](C(=O)N5C[C@@H](C#N)[C@H](c6ccccc6)C5)N4C3=O)cc2c1. The molecule has 0 radical (unpaired) electrons. The minimum absolute atomic E-state index is 0.128. The number of nitrogens with zero attached hydrogens (tertiary/aromatic N) is 3. The molecule has 0 saturated carbocycles. The highest BCUT2D eigenvalue weighted by Gasteiger charge is 2.47. The van der Waals surface area contributed by atoms with E-state index in [0.29, 0.717) is 42.3 Å². The van der Waals surface area contributed by atoms with Crippen molar-refractivity contribution in [2.45, 2.75) is 110 Å². The van der Waals surface area contributed by atoms with E-state index in [9.17, 15) is 33.8 Å². The lowest BCUT2D eigenvalue weighted by Crippen LogP contribution is -2.56. The van der Waals surface area contributed by atoms with Gasteiger partial charge in [-0.2, -0.15) is 5.26 Å². The second kappa shape index (κ2) is 18.7. The van der Waals surface area contributed by atoms with E-state index in [2.05, 4.69) is 11.4 Å². The molecule has 3 amide bonds. The number of benzene rings is 2. The summed E-state index contributed by atoms with van der Waals surface area (Å²) in [5.41, 5.74) is -0.990. The smallest absolute Gasteiger partial charge is 0.374 e. The molecular formula is C44H54FN4O10PS. The number of alkyl halides is 1. The van der Waals surface area contributed by atoms with E-state index in [-0.39, 0.29) is 46.7 Å². The summed E-state index contributed by atoms with van der Waals surface area (Å²) in [7, 11) is -4.81. The average Bonchev–Trinajstić information content (AvgIpc) is 3.97. The summed E-state index contributed by atoms with van der Waals surface area (Å²) in [6.07, 6.45) is 3.84. The fourth-order valence-electron chi connectivity index (χ4n) is 7.91. The fourth-order valence-corrected chi connectivity index (χ4v) is 10.1. The summed E-state index contributed by atoms with van der Waals surface area (Å²) in [5, 5.41) is 13.3. The number of hydrogen-bond acceptors (Lipinski definition) is 12. The topological polar surface area (TPSA) is 182 Å². The number of fused-ring (bicyclic) bond motifs is 2. The van der Waals surface area contributed by atoms with Gasteiger partial charge in [-0.25, -0.2) is 4.39 Å². The Morgan fingerprint density at radius 1 is 0.902 bits per heavy atom. The first-order chi connectivity index (χ1) is 28.8. The van der Waals surface area contributed by atoms with Gasteiger partial charge < -0.3 is 24.6 Å². The number of likely N-dealkylation sites (tertiary alicyclic amines) is 1. The Hall–Kier alpha value is -4.68. The summed E-state index contributed by atoms with van der Waals surface area (Å²) in [5.74, 6) is -5.30. The van der Waals surface area contributed by atoms with E-state index in [0.717, 1.165) is 29.7 Å². The van der Waals surface area contributed by atoms with Crippen molar-refractivity contribution in [3.63, 3.8) is 0 Å². The number of rotatable bonds is 12. The third-order valence-corrected chi connectivity index (χ3v) is 14.2. The molecule has 4 heterocycles. The number of carbonyl (C=O) groups excluding carboxylic acids is 5. The molecule has 3 aliphatic rings. The Kier molecular flexibility index (Phi) is 14.1. The van der Waals surface area contributed by atoms with Crippen LogP contribution in [0.15, 0.2) is 54.6 Å². The van der Waals surface area contributed by atoms with E-state index in [1.54, 1.807) is 57.4 Å². The fraction of sp³-hybridized carbons (Fsp3) is 0.545. The maximum atomic E-state index is 16.3. The number of carbonyl (C=O) groups is 5. The van der Waals surface area contributed by atoms with Crippen molar-refractivity contribution in [2.75, 3.05) is 26.7 Å². The van der Waals surface area contributed by atoms with E-state index < -0.39 is 67.9 Å². The highest BCUT2D eigenvalue weighted by Crippen LogP contribution is 2.62. The molecule has 0 aliphatic carbocycles. The van der Waals surface area contributed by atoms with Gasteiger partial charge in [-0.3, -0.25) is 37.6 Å². The van der Waals surface area contributed by atoms with E-state index >= 15 is 4.39 Å². The predicted molar refractivity (Wildman–Crippen MR) is 225 cm³/mol. The van der Waals surface area contributed by atoms with Gasteiger partial charge in [0.05, 0.1) is 27.7 Å². The predicted octanol–water partition coefficient (Wildman–Crippen LogP) is 7.99. The van der Waals surface area contributed by atoms with Crippen LogP contribution in [0, 0.1) is 28.1 Å². The van der Waals surface area contributed by atoms with E-state index in [4.69, 9.17) is 18.5 Å². The summed E-state index contributed by atoms with van der Waals surface area (Å²) in [6.45, 7) is 8.47. The Morgan fingerprint density at radius 2 is 1.54 bits per heavy atom. The van der Waals surface area contributed by atoms with Crippen LogP contribution in [0.2, 0.25) is 0 Å². The maximum Gasteiger partial charge on any atom is 0.374 e. The maximum absolute atomic E-state index is 16.3. The lowest BCUT2D eigenvalue weighted by atomic mass is 9.90. The van der Waals surface area contributed by atoms with Gasteiger partial charge in [-0.15, -0.1) is 11.3 Å². The minimum Gasteiger partial charge on any atom is -0.438 e. The number of nitrogens with one attached hydrogen (secondary N) is 1. The number of halogens is 1. The van der Waals surface area contributed by atoms with Crippen LogP contribution in [0.1, 0.15) is 113 Å². The molecule has 14 nitrogen and oxygen atoms in total. The lowest BCUT2D eigenvalue weighted by Gasteiger charge is -2.36. The van der Waals surface area contributed by atoms with Crippen LogP contribution >= 0.6 is 18.9 Å². The molecule has 328 valence electrons. The normalized spacial score (nSPS) is 22.8. The molecular weight excluding hydrogens is 827 g/mol. The van der Waals surface area contributed by atoms with Crippen LogP contribution < -0.4 is 5.32 Å². The molecule has 1 N–H and O–H groups in total. The minimum atomic E-state index is -4.81. The third kappa shape index (κ3) is 10.5. The van der Waals surface area contributed by atoms with Crippen LogP contribution in [0.4, 0.5) is 4.39 Å². The summed E-state index contributed by atoms with van der Waals surface area (Å²) >= 11 is 1.12. The summed E-state index contributed by atoms with van der Waals surface area (Å²) < 4.78 is 51.4. The van der Waals surface area contributed by atoms with Gasteiger partial charge in [0, 0.05) is 29.7 Å². The highest BCUT2D eigenvalue weighted by molar-refractivity contribution is 7.54. The standard InChI is InChI=1S/C44H54FN4O10PS/c1-43(2,3)41(53)56-25-58-60(55,59-26-57-42(54)44(4,5)6)37(45)28-16-19-35-29(20-28)21-36(61-35)38(50)47-33-15-11-10-14-31-17-18-34(49(31)39(33)51)40(52)48-23-30(22-46)32(24-48)27-12-8-7-9-13-27/h7-9,12-13,16,19-21,30-34,37H,10-11,14-15,17-18,23-26H2,1-6H3,(H,47,50)/t30-,31+,32+,33+,34+,37-/m1/s1. The molecule has 0 bridgehead atoms. The molecule has 0 unspecified atom stereocenters. The summed E-state index contributed by atoms with van der Waals surface area (Å²) in [4.78, 5) is 70.6. The van der Waals surface area contributed by atoms with Crippen molar-refractivity contribution in [2.24, 2.45) is 16.7 Å². The van der Waals surface area contributed by atoms with Crippen LogP contribution in [0.5, 0.6) is 0 Å². The van der Waals surface area contributed by atoms with Crippen molar-refractivity contribution < 1.29 is 51.4 Å². The third-order valence-electron chi connectivity index (χ3n) is 11.3. The van der Waals surface area contributed by atoms with E-state index in [1.807, 2.05) is 30.3 Å². The van der Waals surface area contributed by atoms with Crippen molar-refractivity contribution in [3.8, 4) is 6.07 Å². The lowest BCUT2D eigenvalue weighted by molar-refractivity contribution is -0.162. The molecule has 17 heteroatoms. The number of thiophene rings is 1. The first-order valence-electron chi connectivity index (χ1n) is 20.6. The van der Waals surface area contributed by atoms with Crippen molar-refractivity contribution in [1.82, 2.24) is 15.1 Å². The number of esters is 2. The zero-order valence-corrected chi connectivity index (χ0v) is 37.1. The van der Waals surface area contributed by atoms with Crippen LogP contribution in [0.3, 0.4) is 0 Å². The van der Waals surface area contributed by atoms with Gasteiger partial charge in [-0.1, -0.05) is 49.2 Å². The second-order valence-corrected chi connectivity index (χ2v) is 21.1. The Balaban J connectivity index is 1.16. The van der Waals surface area contributed by atoms with Gasteiger partial charge in [0.15, 0.2) is 0 Å². The zero-order chi connectivity index (χ0) is 44.3. The molecule has 3 aliphatic heterocycles. The van der Waals surface area contributed by atoms with E-state index in [1.165, 1.54) is 18.2 Å². The number of hydrogen-bond donors (Lipinski definition) is 1. The Labute approximate surface area is 359 Å². The number of ether oxygens (including phenoxy) is 2. The van der Waals surface area contributed by atoms with Crippen LogP contribution in [-0.2, 0) is 42.3 Å². The van der Waals surface area contributed by atoms with Crippen LogP contribution in [-0.4, -0.2) is 84.3 Å². The molecule has 61 heavy (non-hydrogen) atoms. The quantitative estimate of drug-likeness (QED) is 0.106. The molecule has 1 aromatic heterocycles. The molecule has 0 spiro atoms. The molecule has 2 aromatic carbocycles. The van der Waals surface area contributed by atoms with Gasteiger partial charge >= 0.3 is 19.5 Å². The largest absolute Gasteiger partial charge is 0.438 e. The molecule has 3 aromatic rings. The molecule has 6 atom stereocenters. The van der Waals surface area contributed by atoms with Crippen molar-refractivity contribution >= 4 is 58.7 Å². The van der Waals surface area contributed by atoms with Crippen molar-refractivity contribution in [1.29, 1.82) is 5.26 Å². The van der Waals surface area contributed by atoms with Gasteiger partial charge in [-0.05, 0) is 102 Å². The van der Waals surface area contributed by atoms with Gasteiger partial charge in [0.25, 0.3) is 5.91 Å². The van der Waals surface area contributed by atoms with Crippen LogP contribution in [0.25, 0.3) is 10.1 Å². The van der Waals surface area contributed by atoms with Gasteiger partial charge in [0.2, 0.25) is 31.3 Å². The molecule has 3 saturated heterocycles. The molecule has 3 fully saturated rings. The molecule has 6 rings (SSSR count). The first-order valence-corrected chi connectivity index (χ1v) is 23.0. The zero-order valence-electron chi connectivity index (χ0n) is 35.4. The summed E-state index contributed by atoms with van der Waals surface area (Å²) in [6, 6.07) is 16.2. The number of nitriles is 1. The monoisotopic (exact) mass is 880 g/mol. The Bertz CT molecular complexity index is 2180. The van der Waals surface area contributed by atoms with Crippen molar-refractivity contribution in [3.05, 3.63) is 70.6 Å². The number of amides is 3. The Morgan fingerprint density at radius 3 is 2.16 bits per heavy atom. The van der Waals surface area contributed by atoms with Gasteiger partial charge in [0.1, 0.15) is 12.1 Å². The highest BCUT2D eigenvalue weighted by atomic mass is 32.1. The second-order valence-electron chi connectivity index (χ2n) is 17.9. The first kappa shape index (κ1) is 45.8. The average molecular weight is 881 g/mol.